The zero-order chi connectivity index (χ0) is 17.1. The topological polar surface area (TPSA) is 43.8 Å². The van der Waals surface area contributed by atoms with Crippen LogP contribution in [0.2, 0.25) is 0 Å². The highest BCUT2D eigenvalue weighted by atomic mass is 32.2. The average molecular weight is 379 g/mol. The number of para-hydroxylation sites is 1. The summed E-state index contributed by atoms with van der Waals surface area (Å²) in [7, 11) is 0. The number of hydrogen-bond donors (Lipinski definition) is 1. The number of thioether (sulfide) groups is 2. The molecule has 2 aliphatic rings. The van der Waals surface area contributed by atoms with Crippen LogP contribution in [0.3, 0.4) is 0 Å². The number of β-amino-alcohol motifs (C(OH)–C–C–N with tert-alkyl or cyclic N) is 1. The van der Waals surface area contributed by atoms with Crippen LogP contribution in [0.4, 0.5) is 5.69 Å². The summed E-state index contributed by atoms with van der Waals surface area (Å²) in [6.07, 6.45) is 4.67. The van der Waals surface area contributed by atoms with E-state index in [0.717, 1.165) is 22.0 Å². The lowest BCUT2D eigenvalue weighted by molar-refractivity contribution is -0.122. The third-order valence-electron chi connectivity index (χ3n) is 3.66. The van der Waals surface area contributed by atoms with Gasteiger partial charge in [-0.3, -0.25) is 9.69 Å². The maximum atomic E-state index is 12.4. The number of allylic oxidation sites excluding steroid dienone is 2. The minimum absolute atomic E-state index is 0.0158. The summed E-state index contributed by atoms with van der Waals surface area (Å²) in [5.41, 5.74) is 1.09. The maximum Gasteiger partial charge on any atom is 0.266 e. The van der Waals surface area contributed by atoms with Crippen LogP contribution in [0, 0.1) is 0 Å². The monoisotopic (exact) mass is 378 g/mol. The van der Waals surface area contributed by atoms with Crippen LogP contribution < -0.4 is 4.90 Å². The summed E-state index contributed by atoms with van der Waals surface area (Å²) < 4.78 is 0.626. The normalized spacial score (nSPS) is 20.6. The second-order valence-corrected chi connectivity index (χ2v) is 8.04. The van der Waals surface area contributed by atoms with Crippen molar-refractivity contribution in [2.45, 2.75) is 18.2 Å². The lowest BCUT2D eigenvalue weighted by Crippen LogP contribution is -2.28. The summed E-state index contributed by atoms with van der Waals surface area (Å²) >= 11 is 8.28. The van der Waals surface area contributed by atoms with E-state index in [9.17, 15) is 9.90 Å². The van der Waals surface area contributed by atoms with Crippen molar-refractivity contribution in [3.8, 4) is 0 Å². The second-order valence-electron chi connectivity index (χ2n) is 5.31. The molecule has 0 aromatic heterocycles. The number of amides is 1. The molecule has 0 atom stereocenters. The molecule has 1 saturated heterocycles. The van der Waals surface area contributed by atoms with E-state index in [1.807, 2.05) is 37.3 Å². The predicted octanol–water partition coefficient (Wildman–Crippen LogP) is 3.59. The number of aliphatic hydroxyl groups excluding tert-OH is 1. The molecule has 24 heavy (non-hydrogen) atoms. The number of aliphatic hydroxyl groups is 1. The summed E-state index contributed by atoms with van der Waals surface area (Å²) in [5, 5.41) is 10.4. The van der Waals surface area contributed by atoms with E-state index in [1.165, 1.54) is 11.8 Å². The van der Waals surface area contributed by atoms with Crippen molar-refractivity contribution in [3.63, 3.8) is 0 Å². The quantitative estimate of drug-likeness (QED) is 0.624. The van der Waals surface area contributed by atoms with E-state index in [1.54, 1.807) is 16.7 Å². The van der Waals surface area contributed by atoms with Gasteiger partial charge in [-0.05, 0) is 30.7 Å². The molecule has 2 aliphatic heterocycles. The van der Waals surface area contributed by atoms with E-state index < -0.39 is 0 Å². The highest BCUT2D eigenvalue weighted by Crippen LogP contribution is 2.45. The lowest BCUT2D eigenvalue weighted by atomic mass is 10.3. The molecule has 7 heteroatoms. The van der Waals surface area contributed by atoms with Crippen LogP contribution in [-0.2, 0) is 4.79 Å². The van der Waals surface area contributed by atoms with Gasteiger partial charge in [-0.15, -0.1) is 0 Å². The predicted molar refractivity (Wildman–Crippen MR) is 105 cm³/mol. The molecule has 126 valence electrons. The molecule has 0 spiro atoms. The van der Waals surface area contributed by atoms with Gasteiger partial charge in [0.1, 0.15) is 4.32 Å². The number of thiocarbonyl (C=S) groups is 1. The summed E-state index contributed by atoms with van der Waals surface area (Å²) in [5.74, 6) is -0.0158. The third-order valence-corrected chi connectivity index (χ3v) is 6.19. The van der Waals surface area contributed by atoms with Crippen LogP contribution in [0.25, 0.3) is 0 Å². The Labute approximate surface area is 155 Å². The molecule has 2 heterocycles. The minimum Gasteiger partial charge on any atom is -0.395 e. The standard InChI is InChI=1S/C17H18N2O2S3/c1-2-9-19-16(21)14(24-17(19)22)7-8-15-18(10-11-20)12-5-3-4-6-13(12)23-15/h3-8,20H,2,9-11H2,1H3/b14-7+,15-8+. The smallest absolute Gasteiger partial charge is 0.266 e. The molecule has 4 nitrogen and oxygen atoms in total. The molecular formula is C17H18N2O2S3. The fourth-order valence-corrected chi connectivity index (χ4v) is 4.93. The highest BCUT2D eigenvalue weighted by molar-refractivity contribution is 8.26. The van der Waals surface area contributed by atoms with Gasteiger partial charge in [0.05, 0.1) is 22.2 Å². The Balaban J connectivity index is 1.84. The number of rotatable bonds is 5. The second kappa shape index (κ2) is 7.74. The van der Waals surface area contributed by atoms with E-state index in [-0.39, 0.29) is 12.5 Å². The lowest BCUT2D eigenvalue weighted by Gasteiger charge is -2.18. The van der Waals surface area contributed by atoms with Gasteiger partial charge in [0.2, 0.25) is 0 Å². The molecule has 1 aromatic rings. The Morgan fingerprint density at radius 3 is 2.71 bits per heavy atom. The molecule has 0 unspecified atom stereocenters. The Hall–Kier alpha value is -1.28. The van der Waals surface area contributed by atoms with Gasteiger partial charge in [0, 0.05) is 18.0 Å². The van der Waals surface area contributed by atoms with Gasteiger partial charge >= 0.3 is 0 Å². The zero-order valence-corrected chi connectivity index (χ0v) is 15.7. The van der Waals surface area contributed by atoms with Crippen LogP contribution >= 0.6 is 35.7 Å². The van der Waals surface area contributed by atoms with Crippen LogP contribution in [0.1, 0.15) is 13.3 Å². The van der Waals surface area contributed by atoms with Gasteiger partial charge < -0.3 is 10.0 Å². The number of fused-ring (bicyclic) bond motifs is 1. The Morgan fingerprint density at radius 1 is 1.17 bits per heavy atom. The Kier molecular flexibility index (Phi) is 5.65. The summed E-state index contributed by atoms with van der Waals surface area (Å²) in [4.78, 5) is 17.9. The molecule has 1 aromatic carbocycles. The summed E-state index contributed by atoms with van der Waals surface area (Å²) in [6, 6.07) is 8.09. The molecule has 0 bridgehead atoms. The van der Waals surface area contributed by atoms with E-state index >= 15 is 0 Å². The fourth-order valence-electron chi connectivity index (χ4n) is 2.59. The Morgan fingerprint density at radius 2 is 1.96 bits per heavy atom. The van der Waals surface area contributed by atoms with Crippen molar-refractivity contribution in [2.24, 2.45) is 0 Å². The third kappa shape index (κ3) is 3.39. The largest absolute Gasteiger partial charge is 0.395 e. The van der Waals surface area contributed by atoms with Gasteiger partial charge in [0.25, 0.3) is 5.91 Å². The first-order valence-corrected chi connectivity index (χ1v) is 9.80. The van der Waals surface area contributed by atoms with E-state index in [4.69, 9.17) is 12.2 Å². The van der Waals surface area contributed by atoms with Crippen molar-refractivity contribution < 1.29 is 9.90 Å². The Bertz CT molecular complexity index is 730. The molecule has 1 N–H and O–H groups in total. The van der Waals surface area contributed by atoms with Crippen molar-refractivity contribution in [1.29, 1.82) is 0 Å². The minimum atomic E-state index is -0.0158. The maximum absolute atomic E-state index is 12.4. The van der Waals surface area contributed by atoms with Gasteiger partial charge in [-0.25, -0.2) is 0 Å². The number of hydrogen-bond acceptors (Lipinski definition) is 6. The van der Waals surface area contributed by atoms with E-state index in [0.29, 0.717) is 22.3 Å². The van der Waals surface area contributed by atoms with Crippen molar-refractivity contribution in [3.05, 3.63) is 46.4 Å². The first-order chi connectivity index (χ1) is 11.7. The number of benzene rings is 1. The molecule has 0 aliphatic carbocycles. The average Bonchev–Trinajstić information content (AvgIpc) is 3.06. The first-order valence-electron chi connectivity index (χ1n) is 7.76. The summed E-state index contributed by atoms with van der Waals surface area (Å²) in [6.45, 7) is 3.30. The number of nitrogens with zero attached hydrogens (tertiary/aromatic N) is 2. The molecule has 1 fully saturated rings. The van der Waals surface area contributed by atoms with Gasteiger partial charge in [-0.1, -0.05) is 54.8 Å². The van der Waals surface area contributed by atoms with E-state index in [2.05, 4.69) is 11.0 Å². The fraction of sp³-hybridized carbons (Fsp3) is 0.294. The molecule has 0 saturated carbocycles. The molecule has 3 rings (SSSR count). The van der Waals surface area contributed by atoms with Crippen LogP contribution in [-0.4, -0.2) is 39.9 Å². The number of carbonyl (C=O) groups excluding carboxylic acids is 1. The molecular weight excluding hydrogens is 360 g/mol. The number of anilines is 1. The van der Waals surface area contributed by atoms with Crippen molar-refractivity contribution >= 4 is 51.7 Å². The molecule has 1 amide bonds. The number of carbonyl (C=O) groups is 1. The van der Waals surface area contributed by atoms with Crippen molar-refractivity contribution in [2.75, 3.05) is 24.6 Å². The van der Waals surface area contributed by atoms with Gasteiger partial charge in [-0.2, -0.15) is 0 Å². The molecule has 0 radical (unpaired) electrons. The zero-order valence-electron chi connectivity index (χ0n) is 13.3. The highest BCUT2D eigenvalue weighted by Gasteiger charge is 2.31. The van der Waals surface area contributed by atoms with Crippen molar-refractivity contribution in [1.82, 2.24) is 4.90 Å². The van der Waals surface area contributed by atoms with Crippen LogP contribution in [0.5, 0.6) is 0 Å². The SMILES string of the molecule is CCCN1C(=O)/C(=C\C=C2\Sc3ccccc3N2CCO)SC1=S. The van der Waals surface area contributed by atoms with Crippen LogP contribution in [0.15, 0.2) is 51.2 Å². The van der Waals surface area contributed by atoms with Gasteiger partial charge in [0.15, 0.2) is 0 Å². The first kappa shape index (κ1) is 17.5.